The van der Waals surface area contributed by atoms with E-state index in [1.54, 1.807) is 53.4 Å². The van der Waals surface area contributed by atoms with Crippen LogP contribution in [0.3, 0.4) is 0 Å². The Bertz CT molecular complexity index is 975. The van der Waals surface area contributed by atoms with Gasteiger partial charge in [-0.3, -0.25) is 9.59 Å². The van der Waals surface area contributed by atoms with Crippen molar-refractivity contribution in [1.29, 1.82) is 0 Å². The van der Waals surface area contributed by atoms with Gasteiger partial charge >= 0.3 is 0 Å². The Morgan fingerprint density at radius 1 is 0.966 bits per heavy atom. The first-order valence-corrected chi connectivity index (χ1v) is 9.60. The first kappa shape index (κ1) is 20.4. The number of hydrogen-bond acceptors (Lipinski definition) is 3. The summed E-state index contributed by atoms with van der Waals surface area (Å²) in [6, 6.07) is 23.1. The van der Waals surface area contributed by atoms with Crippen LogP contribution in [0, 0.1) is 0 Å². The summed E-state index contributed by atoms with van der Waals surface area (Å²) in [4.78, 5) is 26.8. The van der Waals surface area contributed by atoms with Crippen LogP contribution in [-0.4, -0.2) is 25.0 Å². The lowest BCUT2D eigenvalue weighted by Gasteiger charge is -2.21. The fraction of sp³-hybridized carbons (Fsp3) is 0.130. The zero-order valence-corrected chi connectivity index (χ0v) is 16.7. The molecule has 0 aliphatic heterocycles. The van der Waals surface area contributed by atoms with Crippen molar-refractivity contribution in [2.75, 3.05) is 23.4 Å². The average molecular weight is 409 g/mol. The second-order valence-corrected chi connectivity index (χ2v) is 6.69. The van der Waals surface area contributed by atoms with Crippen LogP contribution in [0.5, 0.6) is 5.75 Å². The monoisotopic (exact) mass is 408 g/mol. The number of benzene rings is 3. The van der Waals surface area contributed by atoms with Gasteiger partial charge in [0.25, 0.3) is 11.8 Å². The van der Waals surface area contributed by atoms with Crippen molar-refractivity contribution >= 4 is 34.8 Å². The summed E-state index contributed by atoms with van der Waals surface area (Å²) in [5.41, 5.74) is 1.85. The molecule has 0 aliphatic carbocycles. The van der Waals surface area contributed by atoms with Gasteiger partial charge in [-0.25, -0.2) is 0 Å². The predicted molar refractivity (Wildman–Crippen MR) is 116 cm³/mol. The molecule has 5 nitrogen and oxygen atoms in total. The average Bonchev–Trinajstić information content (AvgIpc) is 2.75. The Morgan fingerprint density at radius 3 is 2.38 bits per heavy atom. The van der Waals surface area contributed by atoms with Crippen LogP contribution in [0.2, 0.25) is 5.02 Å². The van der Waals surface area contributed by atoms with Crippen molar-refractivity contribution in [3.63, 3.8) is 0 Å². The minimum atomic E-state index is -0.319. The molecular weight excluding hydrogens is 388 g/mol. The standard InChI is InChI=1S/C23H21ClN2O3/c1-2-26(20-9-4-3-5-10-20)23(28)17-7-6-8-19(15-17)25-22(27)16-29-21-13-11-18(24)12-14-21/h3-15H,2,16H2,1H3,(H,25,27). The van der Waals surface area contributed by atoms with Gasteiger partial charge in [-0.05, 0) is 61.5 Å². The lowest BCUT2D eigenvalue weighted by molar-refractivity contribution is -0.118. The minimum Gasteiger partial charge on any atom is -0.484 e. The zero-order chi connectivity index (χ0) is 20.6. The van der Waals surface area contributed by atoms with Gasteiger partial charge in [0.1, 0.15) is 5.75 Å². The summed E-state index contributed by atoms with van der Waals surface area (Å²) in [6.07, 6.45) is 0. The molecule has 0 fully saturated rings. The Labute approximate surface area is 174 Å². The summed E-state index contributed by atoms with van der Waals surface area (Å²) in [6.45, 7) is 2.31. The fourth-order valence-corrected chi connectivity index (χ4v) is 2.94. The van der Waals surface area contributed by atoms with E-state index in [9.17, 15) is 9.59 Å². The molecule has 0 atom stereocenters. The highest BCUT2D eigenvalue weighted by Crippen LogP contribution is 2.19. The van der Waals surface area contributed by atoms with Crippen molar-refractivity contribution in [2.45, 2.75) is 6.92 Å². The van der Waals surface area contributed by atoms with E-state index in [0.717, 1.165) is 5.69 Å². The van der Waals surface area contributed by atoms with Gasteiger partial charge in [0.05, 0.1) is 0 Å². The molecule has 6 heteroatoms. The molecule has 148 valence electrons. The zero-order valence-electron chi connectivity index (χ0n) is 16.0. The van der Waals surface area contributed by atoms with Crippen molar-refractivity contribution in [1.82, 2.24) is 0 Å². The summed E-state index contributed by atoms with van der Waals surface area (Å²) in [5.74, 6) is 0.0992. The van der Waals surface area contributed by atoms with E-state index >= 15 is 0 Å². The molecule has 0 saturated heterocycles. The highest BCUT2D eigenvalue weighted by molar-refractivity contribution is 6.30. The topological polar surface area (TPSA) is 58.6 Å². The molecule has 29 heavy (non-hydrogen) atoms. The summed E-state index contributed by atoms with van der Waals surface area (Å²) in [5, 5.41) is 3.35. The Morgan fingerprint density at radius 2 is 1.69 bits per heavy atom. The maximum Gasteiger partial charge on any atom is 0.262 e. The molecular formula is C23H21ClN2O3. The van der Waals surface area contributed by atoms with Crippen LogP contribution in [0.15, 0.2) is 78.9 Å². The molecule has 0 aliphatic rings. The molecule has 0 unspecified atom stereocenters. The highest BCUT2D eigenvalue weighted by Gasteiger charge is 2.16. The number of anilines is 2. The predicted octanol–water partition coefficient (Wildman–Crippen LogP) is 5.02. The van der Waals surface area contributed by atoms with Crippen LogP contribution in [0.4, 0.5) is 11.4 Å². The number of para-hydroxylation sites is 1. The molecule has 3 aromatic carbocycles. The minimum absolute atomic E-state index is 0.132. The fourth-order valence-electron chi connectivity index (χ4n) is 2.81. The third kappa shape index (κ3) is 5.59. The normalized spacial score (nSPS) is 10.3. The van der Waals surface area contributed by atoms with Gasteiger partial charge < -0.3 is 15.0 Å². The number of carbonyl (C=O) groups excluding carboxylic acids is 2. The smallest absolute Gasteiger partial charge is 0.262 e. The Kier molecular flexibility index (Phi) is 6.87. The maximum atomic E-state index is 12.9. The largest absolute Gasteiger partial charge is 0.484 e. The third-order valence-corrected chi connectivity index (χ3v) is 4.46. The number of nitrogens with one attached hydrogen (secondary N) is 1. The summed E-state index contributed by atoms with van der Waals surface area (Å²) < 4.78 is 5.44. The second-order valence-electron chi connectivity index (χ2n) is 6.26. The molecule has 0 bridgehead atoms. The molecule has 3 aromatic rings. The Balaban J connectivity index is 1.64. The second kappa shape index (κ2) is 9.75. The van der Waals surface area contributed by atoms with Crippen molar-refractivity contribution in [3.8, 4) is 5.75 Å². The first-order valence-electron chi connectivity index (χ1n) is 9.22. The molecule has 0 spiro atoms. The number of rotatable bonds is 7. The SMILES string of the molecule is CCN(C(=O)c1cccc(NC(=O)COc2ccc(Cl)cc2)c1)c1ccccc1. The van der Waals surface area contributed by atoms with E-state index in [1.165, 1.54) is 0 Å². The molecule has 0 saturated carbocycles. The quantitative estimate of drug-likeness (QED) is 0.596. The number of hydrogen-bond donors (Lipinski definition) is 1. The van der Waals surface area contributed by atoms with Crippen LogP contribution in [0.1, 0.15) is 17.3 Å². The summed E-state index contributed by atoms with van der Waals surface area (Å²) in [7, 11) is 0. The molecule has 0 radical (unpaired) electrons. The summed E-state index contributed by atoms with van der Waals surface area (Å²) >= 11 is 5.83. The van der Waals surface area contributed by atoms with Crippen LogP contribution in [-0.2, 0) is 4.79 Å². The van der Waals surface area contributed by atoms with E-state index < -0.39 is 0 Å². The lowest BCUT2D eigenvalue weighted by Crippen LogP contribution is -2.30. The molecule has 2 amide bonds. The lowest BCUT2D eigenvalue weighted by atomic mass is 10.1. The highest BCUT2D eigenvalue weighted by atomic mass is 35.5. The van der Waals surface area contributed by atoms with Crippen molar-refractivity contribution in [3.05, 3.63) is 89.4 Å². The van der Waals surface area contributed by atoms with E-state index in [1.807, 2.05) is 37.3 Å². The van der Waals surface area contributed by atoms with Gasteiger partial charge in [0, 0.05) is 28.5 Å². The number of amides is 2. The van der Waals surface area contributed by atoms with E-state index in [-0.39, 0.29) is 18.4 Å². The van der Waals surface area contributed by atoms with Gasteiger partial charge in [-0.2, -0.15) is 0 Å². The van der Waals surface area contributed by atoms with Crippen LogP contribution in [0.25, 0.3) is 0 Å². The Hall–Kier alpha value is -3.31. The van der Waals surface area contributed by atoms with E-state index in [0.29, 0.717) is 28.6 Å². The molecule has 1 N–H and O–H groups in total. The maximum absolute atomic E-state index is 12.9. The number of carbonyl (C=O) groups is 2. The third-order valence-electron chi connectivity index (χ3n) is 4.21. The number of ether oxygens (including phenoxy) is 1. The van der Waals surface area contributed by atoms with Crippen LogP contribution >= 0.6 is 11.6 Å². The van der Waals surface area contributed by atoms with E-state index in [4.69, 9.17) is 16.3 Å². The van der Waals surface area contributed by atoms with Crippen molar-refractivity contribution < 1.29 is 14.3 Å². The van der Waals surface area contributed by atoms with Gasteiger partial charge in [-0.15, -0.1) is 0 Å². The van der Waals surface area contributed by atoms with Gasteiger partial charge in [0.15, 0.2) is 6.61 Å². The van der Waals surface area contributed by atoms with Crippen LogP contribution < -0.4 is 15.0 Å². The number of nitrogens with zero attached hydrogens (tertiary/aromatic N) is 1. The van der Waals surface area contributed by atoms with Crippen molar-refractivity contribution in [2.24, 2.45) is 0 Å². The van der Waals surface area contributed by atoms with E-state index in [2.05, 4.69) is 5.32 Å². The first-order chi connectivity index (χ1) is 14.1. The molecule has 3 rings (SSSR count). The van der Waals surface area contributed by atoms with Gasteiger partial charge in [-0.1, -0.05) is 35.9 Å². The molecule has 0 aromatic heterocycles. The number of halogens is 1. The molecule has 0 heterocycles. The van der Waals surface area contributed by atoms with Gasteiger partial charge in [0.2, 0.25) is 0 Å².